The highest BCUT2D eigenvalue weighted by molar-refractivity contribution is 5.66. The van der Waals surface area contributed by atoms with E-state index in [-0.39, 0.29) is 0 Å². The second-order valence-corrected chi connectivity index (χ2v) is 3.36. The Hall–Kier alpha value is -2.09. The van der Waals surface area contributed by atoms with Gasteiger partial charge in [-0.25, -0.2) is 5.01 Å². The number of hydrogen-bond donors (Lipinski definition) is 0. The van der Waals surface area contributed by atoms with Gasteiger partial charge in [0.15, 0.2) is 0 Å². The quantitative estimate of drug-likeness (QED) is 0.555. The molecule has 0 saturated carbocycles. The molecule has 0 aliphatic rings. The Morgan fingerprint density at radius 3 is 1.62 bits per heavy atom. The van der Waals surface area contributed by atoms with Crippen molar-refractivity contribution in [3.05, 3.63) is 60.7 Å². The van der Waals surface area contributed by atoms with Gasteiger partial charge in [-0.05, 0) is 31.2 Å². The lowest BCUT2D eigenvalue weighted by atomic mass is 10.2. The third-order valence-electron chi connectivity index (χ3n) is 2.23. The Morgan fingerprint density at radius 1 is 0.812 bits per heavy atom. The third-order valence-corrected chi connectivity index (χ3v) is 2.23. The van der Waals surface area contributed by atoms with E-state index in [1.807, 2.05) is 72.6 Å². The average Bonchev–Trinajstić information content (AvgIpc) is 2.38. The molecule has 0 N–H and O–H groups in total. The van der Waals surface area contributed by atoms with E-state index in [0.717, 1.165) is 11.4 Å². The average molecular weight is 210 g/mol. The zero-order chi connectivity index (χ0) is 11.2. The van der Waals surface area contributed by atoms with Crippen LogP contribution >= 0.6 is 0 Å². The SMILES string of the molecule is CC=NN(c1ccccc1)c1ccccc1. The Morgan fingerprint density at radius 2 is 1.25 bits per heavy atom. The van der Waals surface area contributed by atoms with E-state index in [9.17, 15) is 0 Å². The largest absolute Gasteiger partial charge is 0.234 e. The van der Waals surface area contributed by atoms with Crippen LogP contribution in [0.4, 0.5) is 11.4 Å². The molecule has 2 aromatic rings. The van der Waals surface area contributed by atoms with Crippen molar-refractivity contribution in [1.82, 2.24) is 0 Å². The van der Waals surface area contributed by atoms with Crippen LogP contribution in [0.25, 0.3) is 0 Å². The van der Waals surface area contributed by atoms with E-state index in [1.165, 1.54) is 0 Å². The minimum atomic E-state index is 1.06. The number of para-hydroxylation sites is 2. The number of nitrogens with zero attached hydrogens (tertiary/aromatic N) is 2. The van der Waals surface area contributed by atoms with Gasteiger partial charge in [-0.15, -0.1) is 0 Å². The Labute approximate surface area is 95.8 Å². The Balaban J connectivity index is 2.39. The van der Waals surface area contributed by atoms with Crippen LogP contribution in [0, 0.1) is 0 Å². The summed E-state index contributed by atoms with van der Waals surface area (Å²) in [5, 5.41) is 6.29. The van der Waals surface area contributed by atoms with E-state index in [1.54, 1.807) is 6.21 Å². The van der Waals surface area contributed by atoms with Gasteiger partial charge in [0.25, 0.3) is 0 Å². The van der Waals surface area contributed by atoms with Crippen molar-refractivity contribution in [2.75, 3.05) is 5.01 Å². The first-order chi connectivity index (χ1) is 7.92. The number of benzene rings is 2. The molecule has 2 heteroatoms. The van der Waals surface area contributed by atoms with Crippen molar-refractivity contribution in [2.45, 2.75) is 6.92 Å². The van der Waals surface area contributed by atoms with Gasteiger partial charge in [0.1, 0.15) is 0 Å². The van der Waals surface area contributed by atoms with Crippen LogP contribution in [0.5, 0.6) is 0 Å². The van der Waals surface area contributed by atoms with E-state index < -0.39 is 0 Å². The summed E-state index contributed by atoms with van der Waals surface area (Å²) < 4.78 is 0. The van der Waals surface area contributed by atoms with Crippen molar-refractivity contribution >= 4 is 17.6 Å². The van der Waals surface area contributed by atoms with Crippen LogP contribution in [0.15, 0.2) is 65.8 Å². The molecular weight excluding hydrogens is 196 g/mol. The molecular formula is C14H14N2. The van der Waals surface area contributed by atoms with Gasteiger partial charge in [-0.3, -0.25) is 0 Å². The molecule has 0 aliphatic heterocycles. The molecule has 16 heavy (non-hydrogen) atoms. The molecule has 0 heterocycles. The maximum absolute atomic E-state index is 4.37. The van der Waals surface area contributed by atoms with Crippen molar-refractivity contribution in [3.63, 3.8) is 0 Å². The molecule has 0 atom stereocenters. The highest BCUT2D eigenvalue weighted by Gasteiger charge is 2.05. The van der Waals surface area contributed by atoms with Gasteiger partial charge in [-0.2, -0.15) is 5.10 Å². The summed E-state index contributed by atoms with van der Waals surface area (Å²) in [6, 6.07) is 20.2. The molecule has 2 rings (SSSR count). The molecule has 0 spiro atoms. The van der Waals surface area contributed by atoms with Crippen molar-refractivity contribution < 1.29 is 0 Å². The molecule has 0 amide bonds. The fourth-order valence-corrected chi connectivity index (χ4v) is 1.54. The highest BCUT2D eigenvalue weighted by atomic mass is 15.5. The summed E-state index contributed by atoms with van der Waals surface area (Å²) in [6.07, 6.45) is 1.79. The maximum Gasteiger partial charge on any atom is 0.0652 e. The lowest BCUT2D eigenvalue weighted by molar-refractivity contribution is 1.09. The standard InChI is InChI=1S/C14H14N2/c1-2-15-16(13-9-5-3-6-10-13)14-11-7-4-8-12-14/h2-12H,1H3. The summed E-state index contributed by atoms with van der Waals surface area (Å²) >= 11 is 0. The fraction of sp³-hybridized carbons (Fsp3) is 0.0714. The lowest BCUT2D eigenvalue weighted by Gasteiger charge is -2.18. The van der Waals surface area contributed by atoms with E-state index >= 15 is 0 Å². The van der Waals surface area contributed by atoms with Crippen LogP contribution in [0.3, 0.4) is 0 Å². The number of rotatable bonds is 3. The lowest BCUT2D eigenvalue weighted by Crippen LogP contribution is -2.08. The van der Waals surface area contributed by atoms with Crippen LogP contribution in [-0.2, 0) is 0 Å². The number of hydrogen-bond acceptors (Lipinski definition) is 2. The van der Waals surface area contributed by atoms with E-state index in [2.05, 4.69) is 5.10 Å². The zero-order valence-corrected chi connectivity index (χ0v) is 9.25. The molecule has 0 aromatic heterocycles. The minimum absolute atomic E-state index is 1.06. The van der Waals surface area contributed by atoms with Crippen LogP contribution < -0.4 is 5.01 Å². The molecule has 0 saturated heterocycles. The van der Waals surface area contributed by atoms with Gasteiger partial charge in [0.05, 0.1) is 11.4 Å². The van der Waals surface area contributed by atoms with Gasteiger partial charge < -0.3 is 0 Å². The van der Waals surface area contributed by atoms with Gasteiger partial charge >= 0.3 is 0 Å². The third kappa shape index (κ3) is 2.28. The molecule has 80 valence electrons. The van der Waals surface area contributed by atoms with Crippen molar-refractivity contribution in [3.8, 4) is 0 Å². The first-order valence-electron chi connectivity index (χ1n) is 5.30. The van der Waals surface area contributed by atoms with Crippen LogP contribution in [0.2, 0.25) is 0 Å². The first kappa shape index (κ1) is 10.4. The molecule has 0 unspecified atom stereocenters. The fourth-order valence-electron chi connectivity index (χ4n) is 1.54. The van der Waals surface area contributed by atoms with E-state index in [0.29, 0.717) is 0 Å². The van der Waals surface area contributed by atoms with E-state index in [4.69, 9.17) is 0 Å². The number of anilines is 2. The Kier molecular flexibility index (Phi) is 3.34. The maximum atomic E-state index is 4.37. The molecule has 2 nitrogen and oxygen atoms in total. The molecule has 2 aromatic carbocycles. The zero-order valence-electron chi connectivity index (χ0n) is 9.25. The Bertz CT molecular complexity index is 409. The molecule has 0 fully saturated rings. The summed E-state index contributed by atoms with van der Waals surface area (Å²) in [6.45, 7) is 1.92. The van der Waals surface area contributed by atoms with Crippen LogP contribution in [0.1, 0.15) is 6.92 Å². The summed E-state index contributed by atoms with van der Waals surface area (Å²) in [4.78, 5) is 0. The molecule has 0 radical (unpaired) electrons. The smallest absolute Gasteiger partial charge is 0.0652 e. The highest BCUT2D eigenvalue weighted by Crippen LogP contribution is 2.24. The van der Waals surface area contributed by atoms with Gasteiger partial charge in [-0.1, -0.05) is 36.4 Å². The summed E-state index contributed by atoms with van der Waals surface area (Å²) in [5.41, 5.74) is 2.12. The normalized spacial score (nSPS) is 10.6. The summed E-state index contributed by atoms with van der Waals surface area (Å²) in [5.74, 6) is 0. The van der Waals surface area contributed by atoms with Gasteiger partial charge in [0.2, 0.25) is 0 Å². The second kappa shape index (κ2) is 5.12. The summed E-state index contributed by atoms with van der Waals surface area (Å²) in [7, 11) is 0. The van der Waals surface area contributed by atoms with Crippen molar-refractivity contribution in [2.24, 2.45) is 5.10 Å². The van der Waals surface area contributed by atoms with Crippen LogP contribution in [-0.4, -0.2) is 6.21 Å². The predicted octanol–water partition coefficient (Wildman–Crippen LogP) is 3.83. The van der Waals surface area contributed by atoms with Crippen molar-refractivity contribution in [1.29, 1.82) is 0 Å². The monoisotopic (exact) mass is 210 g/mol. The number of hydrazone groups is 1. The topological polar surface area (TPSA) is 15.6 Å². The molecule has 0 bridgehead atoms. The predicted molar refractivity (Wildman–Crippen MR) is 69.2 cm³/mol. The molecule has 0 aliphatic carbocycles. The first-order valence-corrected chi connectivity index (χ1v) is 5.30. The minimum Gasteiger partial charge on any atom is -0.234 e. The second-order valence-electron chi connectivity index (χ2n) is 3.36. The van der Waals surface area contributed by atoms with Gasteiger partial charge in [0, 0.05) is 6.21 Å².